The zero-order chi connectivity index (χ0) is 94.9. The molecule has 774 valence electrons. The SMILES string of the molecule is CCCCCCCCOP([O-])(=S)OCCCCCCCC.CCCCCCCCOP([O-])(=S)OCCCCCCCC.CCCCCCCCOP([O-])(=S)OCCCCCCCC.CCCCCCCCOP([O-])(=S)OCCCCCCCC.CCCCCCCCOP([O-])(=S)OCCCCCCCC.CCCCCCCCOP([O-])(=S)OCCCCCCCC.[Mo]. The van der Waals surface area contributed by atoms with Gasteiger partial charge in [-0.05, 0) is 77.0 Å². The third kappa shape index (κ3) is 138. The molecule has 0 saturated heterocycles. The molecular formula is C96H204MoO18P6S6-6. The molecule has 0 aliphatic rings. The van der Waals surface area contributed by atoms with Crippen LogP contribution in [-0.2, 0) is 146 Å². The Balaban J connectivity index is -0.000000272. The van der Waals surface area contributed by atoms with Crippen LogP contribution in [0.4, 0.5) is 0 Å². The van der Waals surface area contributed by atoms with Gasteiger partial charge in [-0.1, -0.05) is 539 Å². The number of rotatable bonds is 96. The summed E-state index contributed by atoms with van der Waals surface area (Å²) in [5.41, 5.74) is 0. The zero-order valence-corrected chi connectivity index (χ0v) is 96.6. The van der Waals surface area contributed by atoms with Crippen LogP contribution in [0.3, 0.4) is 0 Å². The van der Waals surface area contributed by atoms with Crippen molar-refractivity contribution in [1.29, 1.82) is 0 Å². The second-order valence-electron chi connectivity index (χ2n) is 33.9. The maximum Gasteiger partial charge on any atom is 0.115 e. The van der Waals surface area contributed by atoms with Crippen LogP contribution in [-0.4, -0.2) is 79.3 Å². The van der Waals surface area contributed by atoms with Gasteiger partial charge in [-0.15, -0.1) is 0 Å². The van der Waals surface area contributed by atoms with Crippen molar-refractivity contribution in [2.45, 2.75) is 545 Å². The first-order valence-corrected chi connectivity index (χ1v) is 67.7. The average molecular weight is 2120 g/mol. The Labute approximate surface area is 833 Å². The fourth-order valence-electron chi connectivity index (χ4n) is 12.9. The summed E-state index contributed by atoms with van der Waals surface area (Å²) >= 11 is 29.4. The predicted octanol–water partition coefficient (Wildman–Crippen LogP) is 31.9. The zero-order valence-electron chi connectivity index (χ0n) is 84.3. The maximum absolute atomic E-state index is 11.9. The van der Waals surface area contributed by atoms with Crippen molar-refractivity contribution in [3.63, 3.8) is 0 Å². The third-order valence-corrected chi connectivity index (χ3v) is 30.7. The Kier molecular flexibility index (Phi) is 132. The van der Waals surface area contributed by atoms with E-state index in [2.05, 4.69) is 83.1 Å². The van der Waals surface area contributed by atoms with Gasteiger partial charge < -0.3 is 83.6 Å². The molecule has 0 heterocycles. The smallest absolute Gasteiger partial charge is 0.115 e. The van der Waals surface area contributed by atoms with Crippen molar-refractivity contribution < 1.29 is 105 Å². The molecule has 0 aromatic heterocycles. The minimum absolute atomic E-state index is 0. The van der Waals surface area contributed by atoms with Crippen LogP contribution in [0.15, 0.2) is 0 Å². The standard InChI is InChI=1S/6C16H35O3PS.Mo/c6*1-3-5-7-9-11-13-15-18-20(17,21)19-16-14-12-10-8-6-4-2;/h6*3-16H2,1-2H3,(H,17,21);/p-6. The first-order valence-electron chi connectivity index (χ1n) is 52.3. The fourth-order valence-corrected chi connectivity index (χ4v) is 20.3. The number of hydrogen-bond donors (Lipinski definition) is 0. The molecular weight excluding hydrogens is 1920 g/mol. The summed E-state index contributed by atoms with van der Waals surface area (Å²) in [6.45, 7) is 12.6. The van der Waals surface area contributed by atoms with E-state index in [1.54, 1.807) is 0 Å². The normalized spacial score (nSPS) is 11.9. The number of hydrogen-bond acceptors (Lipinski definition) is 24. The van der Waals surface area contributed by atoms with Crippen molar-refractivity contribution in [2.75, 3.05) is 79.3 Å². The largest absolute Gasteiger partial charge is 0.780 e. The summed E-state index contributed by atoms with van der Waals surface area (Å²) in [5, 5.41) is 0. The van der Waals surface area contributed by atoms with Gasteiger partial charge >= 0.3 is 0 Å². The molecule has 0 amide bonds. The van der Waals surface area contributed by atoms with Crippen LogP contribution in [0.25, 0.3) is 0 Å². The van der Waals surface area contributed by atoms with E-state index in [1.165, 1.54) is 308 Å². The minimum atomic E-state index is -3.23. The van der Waals surface area contributed by atoms with Gasteiger partial charge in [0.05, 0.1) is 79.3 Å². The van der Waals surface area contributed by atoms with E-state index in [0.717, 1.165) is 154 Å². The molecule has 0 aliphatic heterocycles. The molecule has 0 aromatic rings. The van der Waals surface area contributed by atoms with Gasteiger partial charge in [0.2, 0.25) is 0 Å². The second kappa shape index (κ2) is 117. The van der Waals surface area contributed by atoms with Crippen molar-refractivity contribution in [3.8, 4) is 0 Å². The molecule has 0 unspecified atom stereocenters. The average Bonchev–Trinajstić information content (AvgIpc) is 0.972. The molecule has 0 rings (SSSR count). The van der Waals surface area contributed by atoms with Gasteiger partial charge in [-0.2, -0.15) is 0 Å². The summed E-state index contributed by atoms with van der Waals surface area (Å²) in [7, 11) is 0. The fraction of sp³-hybridized carbons (Fsp3) is 1.00. The van der Waals surface area contributed by atoms with Crippen LogP contribution in [0, 0.1) is 0 Å². The van der Waals surface area contributed by atoms with Gasteiger partial charge in [0, 0.05) is 21.1 Å². The summed E-state index contributed by atoms with van der Waals surface area (Å²) in [6.07, 6.45) is 85.0. The monoisotopic (exact) mass is 2120 g/mol. The van der Waals surface area contributed by atoms with Crippen LogP contribution in [0.5, 0.6) is 0 Å². The first-order chi connectivity index (χ1) is 60.7. The maximum atomic E-state index is 11.9. The van der Waals surface area contributed by atoms with Crippen LogP contribution >= 0.6 is 40.3 Å². The summed E-state index contributed by atoms with van der Waals surface area (Å²) in [5.74, 6) is 0. The Morgan fingerprint density at radius 2 is 0.173 bits per heavy atom. The number of unbranched alkanes of at least 4 members (excludes halogenated alkanes) is 60. The minimum Gasteiger partial charge on any atom is -0.780 e. The molecule has 0 fully saturated rings. The van der Waals surface area contributed by atoms with Crippen LogP contribution in [0.2, 0.25) is 0 Å². The Bertz CT molecular complexity index is 1850. The topological polar surface area (TPSA) is 249 Å². The Hall–Kier alpha value is 3.87. The third-order valence-electron chi connectivity index (χ3n) is 21.0. The molecule has 0 atom stereocenters. The van der Waals surface area contributed by atoms with Gasteiger partial charge in [0.25, 0.3) is 0 Å². The molecule has 0 N–H and O–H groups in total. The van der Waals surface area contributed by atoms with Crippen molar-refractivity contribution in [2.24, 2.45) is 0 Å². The Morgan fingerprint density at radius 3 is 0.236 bits per heavy atom. The molecule has 0 saturated carbocycles. The van der Waals surface area contributed by atoms with E-state index in [1.807, 2.05) is 0 Å². The van der Waals surface area contributed by atoms with Gasteiger partial charge in [-0.3, -0.25) is 0 Å². The molecule has 0 spiro atoms. The molecule has 0 aliphatic carbocycles. The Morgan fingerprint density at radius 1 is 0.118 bits per heavy atom. The van der Waals surface area contributed by atoms with E-state index < -0.39 is 40.3 Å². The van der Waals surface area contributed by atoms with E-state index in [0.29, 0.717) is 79.3 Å². The van der Waals surface area contributed by atoms with Crippen molar-refractivity contribution in [1.82, 2.24) is 0 Å². The van der Waals surface area contributed by atoms with E-state index in [-0.39, 0.29) is 21.1 Å². The van der Waals surface area contributed by atoms with Gasteiger partial charge in [0.15, 0.2) is 0 Å². The van der Waals surface area contributed by atoms with E-state index in [4.69, 9.17) is 125 Å². The molecule has 0 aromatic carbocycles. The van der Waals surface area contributed by atoms with Crippen molar-refractivity contribution >= 4 is 111 Å². The second-order valence-corrected chi connectivity index (χ2v) is 50.4. The van der Waals surface area contributed by atoms with E-state index in [9.17, 15) is 29.4 Å². The van der Waals surface area contributed by atoms with E-state index >= 15 is 0 Å². The molecule has 31 heteroatoms. The predicted molar refractivity (Wildman–Crippen MR) is 558 cm³/mol. The summed E-state index contributed by atoms with van der Waals surface area (Å²) < 4.78 is 62.8. The van der Waals surface area contributed by atoms with Crippen molar-refractivity contribution in [3.05, 3.63) is 0 Å². The first kappa shape index (κ1) is 144. The summed E-state index contributed by atoms with van der Waals surface area (Å²) in [4.78, 5) is 71.1. The van der Waals surface area contributed by atoms with Crippen LogP contribution in [0.1, 0.15) is 545 Å². The summed E-state index contributed by atoms with van der Waals surface area (Å²) in [6, 6.07) is 0. The molecule has 127 heavy (non-hydrogen) atoms. The molecule has 0 radical (unpaired) electrons. The quantitative estimate of drug-likeness (QED) is 0.0312. The molecule has 0 bridgehead atoms. The van der Waals surface area contributed by atoms with Gasteiger partial charge in [0.1, 0.15) is 40.3 Å². The van der Waals surface area contributed by atoms with Crippen LogP contribution < -0.4 is 29.4 Å². The van der Waals surface area contributed by atoms with Gasteiger partial charge in [-0.25, -0.2) is 0 Å². The molecule has 18 nitrogen and oxygen atoms in total.